The van der Waals surface area contributed by atoms with Crippen LogP contribution in [-0.4, -0.2) is 25.2 Å². The fraction of sp³-hybridized carbons (Fsp3) is 0.316. The van der Waals surface area contributed by atoms with E-state index in [2.05, 4.69) is 38.2 Å². The lowest BCUT2D eigenvalue weighted by Gasteiger charge is -2.34. The molecule has 2 heterocycles. The number of amides is 1. The zero-order valence-electron chi connectivity index (χ0n) is 14.4. The number of hydrogen-bond acceptors (Lipinski definition) is 3. The van der Waals surface area contributed by atoms with Gasteiger partial charge in [0.25, 0.3) is 5.91 Å². The molecule has 1 aliphatic rings. The molecule has 6 nitrogen and oxygen atoms in total. The first-order valence-electron chi connectivity index (χ1n) is 8.50. The molecule has 128 valence electrons. The number of rotatable bonds is 3. The van der Waals surface area contributed by atoms with Crippen molar-refractivity contribution in [1.82, 2.24) is 24.6 Å². The maximum Gasteiger partial charge on any atom is 0.272 e. The molecule has 0 radical (unpaired) electrons. The largest absolute Gasteiger partial charge is 0.342 e. The summed E-state index contributed by atoms with van der Waals surface area (Å²) in [5.41, 5.74) is 3.88. The summed E-state index contributed by atoms with van der Waals surface area (Å²) in [7, 11) is 1.84. The Hall–Kier alpha value is -2.89. The normalized spacial score (nSPS) is 19.4. The molecule has 0 fully saturated rings. The minimum absolute atomic E-state index is 0.103. The van der Waals surface area contributed by atoms with Gasteiger partial charge >= 0.3 is 0 Å². The highest BCUT2D eigenvalue weighted by Gasteiger charge is 2.32. The van der Waals surface area contributed by atoms with Crippen LogP contribution in [0.15, 0.2) is 49.1 Å². The quantitative estimate of drug-likeness (QED) is 0.800. The standard InChI is InChI=1S/C19H21N5O/c1-13-11-16(22-23(13)2)19(25)21-18-15-6-4-3-5-14(15)7-8-17(18)24-10-9-20-12-24/h3-6,9-12,17-18H,7-8H2,1-2H3,(H,21,25)/t17-,18-/m0/s1. The lowest BCUT2D eigenvalue weighted by Crippen LogP contribution is -2.37. The molecule has 0 saturated heterocycles. The number of hydrogen-bond donors (Lipinski definition) is 1. The van der Waals surface area contributed by atoms with Crippen LogP contribution in [0.3, 0.4) is 0 Å². The highest BCUT2D eigenvalue weighted by Crippen LogP contribution is 2.37. The lowest BCUT2D eigenvalue weighted by molar-refractivity contribution is 0.0912. The smallest absolute Gasteiger partial charge is 0.272 e. The van der Waals surface area contributed by atoms with Crippen LogP contribution >= 0.6 is 0 Å². The predicted molar refractivity (Wildman–Crippen MR) is 94.2 cm³/mol. The van der Waals surface area contributed by atoms with E-state index >= 15 is 0 Å². The van der Waals surface area contributed by atoms with Gasteiger partial charge in [0.1, 0.15) is 5.69 Å². The van der Waals surface area contributed by atoms with Gasteiger partial charge in [0.2, 0.25) is 0 Å². The van der Waals surface area contributed by atoms with Crippen molar-refractivity contribution in [2.75, 3.05) is 0 Å². The molecule has 6 heteroatoms. The fourth-order valence-electron chi connectivity index (χ4n) is 3.59. The van der Waals surface area contributed by atoms with E-state index < -0.39 is 0 Å². The van der Waals surface area contributed by atoms with Crippen molar-refractivity contribution in [2.45, 2.75) is 31.8 Å². The number of fused-ring (bicyclic) bond motifs is 1. The van der Waals surface area contributed by atoms with Crippen molar-refractivity contribution in [2.24, 2.45) is 7.05 Å². The van der Waals surface area contributed by atoms with Crippen LogP contribution in [0.5, 0.6) is 0 Å². The van der Waals surface area contributed by atoms with Gasteiger partial charge in [-0.3, -0.25) is 9.48 Å². The first-order valence-corrected chi connectivity index (χ1v) is 8.50. The summed E-state index contributed by atoms with van der Waals surface area (Å²) in [4.78, 5) is 17.0. The van der Waals surface area contributed by atoms with Crippen LogP contribution in [0.1, 0.15) is 45.8 Å². The summed E-state index contributed by atoms with van der Waals surface area (Å²) in [5.74, 6) is -0.143. The van der Waals surface area contributed by atoms with Crippen LogP contribution in [0, 0.1) is 6.92 Å². The summed E-state index contributed by atoms with van der Waals surface area (Å²) in [5, 5.41) is 7.51. The second-order valence-electron chi connectivity index (χ2n) is 6.56. The van der Waals surface area contributed by atoms with E-state index in [-0.39, 0.29) is 18.0 Å². The Morgan fingerprint density at radius 2 is 2.16 bits per heavy atom. The Morgan fingerprint density at radius 1 is 1.32 bits per heavy atom. The minimum atomic E-state index is -0.143. The van der Waals surface area contributed by atoms with Crippen LogP contribution in [0.2, 0.25) is 0 Å². The van der Waals surface area contributed by atoms with Crippen molar-refractivity contribution < 1.29 is 4.79 Å². The Kier molecular flexibility index (Phi) is 3.87. The van der Waals surface area contributed by atoms with Crippen molar-refractivity contribution in [3.63, 3.8) is 0 Å². The number of imidazole rings is 1. The highest BCUT2D eigenvalue weighted by atomic mass is 16.2. The van der Waals surface area contributed by atoms with E-state index in [4.69, 9.17) is 0 Å². The third kappa shape index (κ3) is 2.84. The van der Waals surface area contributed by atoms with Crippen molar-refractivity contribution >= 4 is 5.91 Å². The molecular formula is C19H21N5O. The second-order valence-corrected chi connectivity index (χ2v) is 6.56. The molecule has 1 amide bonds. The molecule has 0 saturated carbocycles. The summed E-state index contributed by atoms with van der Waals surface area (Å²) < 4.78 is 3.81. The molecule has 0 spiro atoms. The Bertz CT molecular complexity index is 877. The third-order valence-corrected chi connectivity index (χ3v) is 5.03. The maximum absolute atomic E-state index is 12.8. The average molecular weight is 335 g/mol. The first kappa shape index (κ1) is 15.6. The van der Waals surface area contributed by atoms with Gasteiger partial charge in [-0.05, 0) is 37.0 Å². The summed E-state index contributed by atoms with van der Waals surface area (Å²) >= 11 is 0. The van der Waals surface area contributed by atoms with Crippen LogP contribution in [0.4, 0.5) is 0 Å². The fourth-order valence-corrected chi connectivity index (χ4v) is 3.59. The molecule has 0 aliphatic heterocycles. The molecule has 4 rings (SSSR count). The summed E-state index contributed by atoms with van der Waals surface area (Å²) in [6, 6.07) is 10.2. The van der Waals surface area contributed by atoms with E-state index in [9.17, 15) is 4.79 Å². The third-order valence-electron chi connectivity index (χ3n) is 5.03. The van der Waals surface area contributed by atoms with Crippen molar-refractivity contribution in [1.29, 1.82) is 0 Å². The molecule has 3 aromatic rings. The van der Waals surface area contributed by atoms with Gasteiger partial charge in [0.15, 0.2) is 0 Å². The SMILES string of the molecule is Cc1cc(C(=O)N[C@H]2c3ccccc3CC[C@@H]2n2ccnc2)nn1C. The Labute approximate surface area is 146 Å². The topological polar surface area (TPSA) is 64.7 Å². The molecule has 25 heavy (non-hydrogen) atoms. The minimum Gasteiger partial charge on any atom is -0.342 e. The van der Waals surface area contributed by atoms with Gasteiger partial charge in [-0.1, -0.05) is 24.3 Å². The lowest BCUT2D eigenvalue weighted by atomic mass is 9.83. The van der Waals surface area contributed by atoms with Crippen LogP contribution in [-0.2, 0) is 13.5 Å². The molecule has 2 aromatic heterocycles. The zero-order valence-corrected chi connectivity index (χ0v) is 14.4. The summed E-state index contributed by atoms with van der Waals surface area (Å²) in [6.45, 7) is 1.94. The van der Waals surface area contributed by atoms with E-state index in [0.717, 1.165) is 18.5 Å². The first-order chi connectivity index (χ1) is 12.1. The number of benzene rings is 1. The van der Waals surface area contributed by atoms with Crippen molar-refractivity contribution in [3.05, 3.63) is 71.6 Å². The molecule has 1 aliphatic carbocycles. The van der Waals surface area contributed by atoms with Gasteiger partial charge in [-0.15, -0.1) is 0 Å². The number of carbonyl (C=O) groups is 1. The van der Waals surface area contributed by atoms with E-state index in [1.165, 1.54) is 11.1 Å². The average Bonchev–Trinajstić information content (AvgIpc) is 3.26. The molecule has 0 unspecified atom stereocenters. The number of aromatic nitrogens is 4. The molecule has 0 bridgehead atoms. The molecular weight excluding hydrogens is 314 g/mol. The monoisotopic (exact) mass is 335 g/mol. The van der Waals surface area contributed by atoms with Gasteiger partial charge < -0.3 is 9.88 Å². The predicted octanol–water partition coefficient (Wildman–Crippen LogP) is 2.58. The number of nitrogens with zero attached hydrogens (tertiary/aromatic N) is 4. The molecule has 1 N–H and O–H groups in total. The number of carbonyl (C=O) groups excluding carboxylic acids is 1. The van der Waals surface area contributed by atoms with Crippen molar-refractivity contribution in [3.8, 4) is 0 Å². The molecule has 1 aromatic carbocycles. The van der Waals surface area contributed by atoms with Gasteiger partial charge in [-0.25, -0.2) is 4.98 Å². The highest BCUT2D eigenvalue weighted by molar-refractivity contribution is 5.92. The maximum atomic E-state index is 12.8. The van der Waals surface area contributed by atoms with Gasteiger partial charge in [-0.2, -0.15) is 5.10 Å². The summed E-state index contributed by atoms with van der Waals surface area (Å²) in [6.07, 6.45) is 7.51. The van der Waals surface area contributed by atoms with E-state index in [0.29, 0.717) is 5.69 Å². The van der Waals surface area contributed by atoms with Gasteiger partial charge in [0, 0.05) is 25.1 Å². The Morgan fingerprint density at radius 3 is 2.88 bits per heavy atom. The van der Waals surface area contributed by atoms with E-state index in [1.807, 2.05) is 38.6 Å². The second kappa shape index (κ2) is 6.20. The Balaban J connectivity index is 1.68. The number of aryl methyl sites for hydroxylation is 3. The number of nitrogens with one attached hydrogen (secondary N) is 1. The van der Waals surface area contributed by atoms with Crippen LogP contribution in [0.25, 0.3) is 0 Å². The molecule has 2 atom stereocenters. The van der Waals surface area contributed by atoms with Crippen LogP contribution < -0.4 is 5.32 Å². The zero-order chi connectivity index (χ0) is 17.4. The van der Waals surface area contributed by atoms with Gasteiger partial charge in [0.05, 0.1) is 18.4 Å². The van der Waals surface area contributed by atoms with E-state index in [1.54, 1.807) is 10.9 Å².